The van der Waals surface area contributed by atoms with Gasteiger partial charge in [0.1, 0.15) is 0 Å². The molecule has 3 nitrogen and oxygen atoms in total. The Balaban J connectivity index is 2.37. The van der Waals surface area contributed by atoms with Crippen LogP contribution >= 0.6 is 11.6 Å². The van der Waals surface area contributed by atoms with Crippen LogP contribution in [0.2, 0.25) is 5.02 Å². The number of nitrogens with two attached hydrogens (primary N) is 1. The standard InChI is InChI=1S/C12H13ClN2O/c13-11-9(10(16)2-1-6-14)4-3-8-5-7-15-12(8)11/h3-5,7,15H,1-2,6,14H2. The molecule has 84 valence electrons. The molecule has 0 atom stereocenters. The number of H-pyrrole nitrogens is 1. The van der Waals surface area contributed by atoms with E-state index in [4.69, 9.17) is 17.3 Å². The molecule has 0 radical (unpaired) electrons. The van der Waals surface area contributed by atoms with Crippen molar-refractivity contribution in [2.75, 3.05) is 6.54 Å². The van der Waals surface area contributed by atoms with Crippen molar-refractivity contribution < 1.29 is 4.79 Å². The van der Waals surface area contributed by atoms with E-state index in [2.05, 4.69) is 4.98 Å². The van der Waals surface area contributed by atoms with Gasteiger partial charge in [-0.1, -0.05) is 17.7 Å². The minimum Gasteiger partial charge on any atom is -0.360 e. The predicted molar refractivity (Wildman–Crippen MR) is 65.9 cm³/mol. The van der Waals surface area contributed by atoms with Gasteiger partial charge in [0.15, 0.2) is 5.78 Å². The third-order valence-electron chi connectivity index (χ3n) is 2.57. The molecule has 3 N–H and O–H groups in total. The maximum absolute atomic E-state index is 11.8. The summed E-state index contributed by atoms with van der Waals surface area (Å²) >= 11 is 6.17. The largest absolute Gasteiger partial charge is 0.360 e. The van der Waals surface area contributed by atoms with Crippen LogP contribution in [0.15, 0.2) is 24.4 Å². The first-order valence-electron chi connectivity index (χ1n) is 5.23. The fourth-order valence-corrected chi connectivity index (χ4v) is 2.04. The maximum atomic E-state index is 11.8. The number of aromatic amines is 1. The molecule has 0 spiro atoms. The molecule has 0 aliphatic carbocycles. The molecule has 0 unspecified atom stereocenters. The number of carbonyl (C=O) groups is 1. The molecule has 0 aliphatic heterocycles. The highest BCUT2D eigenvalue weighted by Gasteiger charge is 2.12. The first-order chi connectivity index (χ1) is 7.74. The van der Waals surface area contributed by atoms with Crippen LogP contribution in [0.5, 0.6) is 0 Å². The Labute approximate surface area is 98.6 Å². The van der Waals surface area contributed by atoms with Gasteiger partial charge in [0.2, 0.25) is 0 Å². The minimum absolute atomic E-state index is 0.0481. The van der Waals surface area contributed by atoms with E-state index < -0.39 is 0 Å². The van der Waals surface area contributed by atoms with E-state index in [1.807, 2.05) is 18.3 Å². The summed E-state index contributed by atoms with van der Waals surface area (Å²) in [6.07, 6.45) is 2.95. The van der Waals surface area contributed by atoms with Crippen molar-refractivity contribution in [2.24, 2.45) is 5.73 Å². The summed E-state index contributed by atoms with van der Waals surface area (Å²) in [5, 5.41) is 1.52. The van der Waals surface area contributed by atoms with Crippen molar-refractivity contribution in [2.45, 2.75) is 12.8 Å². The number of Topliss-reactive ketones (excluding diaryl/α,β-unsaturated/α-hetero) is 1. The van der Waals surface area contributed by atoms with Crippen molar-refractivity contribution in [1.29, 1.82) is 0 Å². The van der Waals surface area contributed by atoms with Crippen molar-refractivity contribution in [3.05, 3.63) is 35.0 Å². The average Bonchev–Trinajstić information content (AvgIpc) is 2.75. The minimum atomic E-state index is 0.0481. The summed E-state index contributed by atoms with van der Waals surface area (Å²) in [6, 6.07) is 5.60. The molecule has 0 saturated heterocycles. The Hall–Kier alpha value is -1.32. The second-order valence-electron chi connectivity index (χ2n) is 3.68. The molecular formula is C12H13ClN2O. The molecule has 0 fully saturated rings. The summed E-state index contributed by atoms with van der Waals surface area (Å²) in [5.74, 6) is 0.0481. The van der Waals surface area contributed by atoms with Crippen molar-refractivity contribution in [1.82, 2.24) is 4.98 Å². The third kappa shape index (κ3) is 1.96. The number of nitrogens with one attached hydrogen (secondary N) is 1. The Morgan fingerprint density at radius 3 is 2.94 bits per heavy atom. The zero-order valence-electron chi connectivity index (χ0n) is 8.79. The van der Waals surface area contributed by atoms with Crippen LogP contribution in [-0.2, 0) is 0 Å². The van der Waals surface area contributed by atoms with Crippen molar-refractivity contribution >= 4 is 28.3 Å². The fourth-order valence-electron chi connectivity index (χ4n) is 1.70. The first kappa shape index (κ1) is 11.2. The van der Waals surface area contributed by atoms with Gasteiger partial charge >= 0.3 is 0 Å². The Morgan fingerprint density at radius 2 is 2.19 bits per heavy atom. The van der Waals surface area contributed by atoms with Gasteiger partial charge < -0.3 is 10.7 Å². The van der Waals surface area contributed by atoms with Gasteiger partial charge in [-0.2, -0.15) is 0 Å². The number of fused-ring (bicyclic) bond motifs is 1. The number of benzene rings is 1. The molecular weight excluding hydrogens is 224 g/mol. The molecule has 2 rings (SSSR count). The number of ketones is 1. The monoisotopic (exact) mass is 236 g/mol. The summed E-state index contributed by atoms with van der Waals surface area (Å²) < 4.78 is 0. The fraction of sp³-hybridized carbons (Fsp3) is 0.250. The van der Waals surface area contributed by atoms with Crippen LogP contribution in [0.4, 0.5) is 0 Å². The van der Waals surface area contributed by atoms with Gasteiger partial charge in [-0.3, -0.25) is 4.79 Å². The third-order valence-corrected chi connectivity index (χ3v) is 2.97. The molecule has 1 aromatic heterocycles. The Bertz CT molecular complexity index is 519. The van der Waals surface area contributed by atoms with Crippen LogP contribution in [0.25, 0.3) is 10.9 Å². The first-order valence-corrected chi connectivity index (χ1v) is 5.60. The smallest absolute Gasteiger partial charge is 0.164 e. The number of hydrogen-bond donors (Lipinski definition) is 2. The van der Waals surface area contributed by atoms with Gasteiger partial charge in [0, 0.05) is 23.6 Å². The second kappa shape index (κ2) is 4.68. The van der Waals surface area contributed by atoms with E-state index >= 15 is 0 Å². The van der Waals surface area contributed by atoms with E-state index in [1.165, 1.54) is 0 Å². The lowest BCUT2D eigenvalue weighted by Gasteiger charge is -2.04. The summed E-state index contributed by atoms with van der Waals surface area (Å²) in [6.45, 7) is 0.522. The zero-order valence-corrected chi connectivity index (χ0v) is 9.55. The van der Waals surface area contributed by atoms with E-state index in [9.17, 15) is 4.79 Å². The quantitative estimate of drug-likeness (QED) is 0.802. The molecule has 0 bridgehead atoms. The number of halogens is 1. The summed E-state index contributed by atoms with van der Waals surface area (Å²) in [7, 11) is 0. The van der Waals surface area contributed by atoms with Gasteiger partial charge in [0.05, 0.1) is 10.5 Å². The molecule has 1 aromatic carbocycles. The maximum Gasteiger partial charge on any atom is 0.164 e. The van der Waals surface area contributed by atoms with E-state index in [0.717, 1.165) is 10.9 Å². The molecule has 2 aromatic rings. The van der Waals surface area contributed by atoms with Gasteiger partial charge in [-0.15, -0.1) is 0 Å². The van der Waals surface area contributed by atoms with Crippen molar-refractivity contribution in [3.8, 4) is 0 Å². The Morgan fingerprint density at radius 1 is 1.38 bits per heavy atom. The number of aromatic nitrogens is 1. The highest BCUT2D eigenvalue weighted by Crippen LogP contribution is 2.27. The van der Waals surface area contributed by atoms with E-state index in [-0.39, 0.29) is 5.78 Å². The second-order valence-corrected chi connectivity index (χ2v) is 4.06. The van der Waals surface area contributed by atoms with Crippen LogP contribution in [0.3, 0.4) is 0 Å². The zero-order chi connectivity index (χ0) is 11.5. The van der Waals surface area contributed by atoms with Gasteiger partial charge in [-0.25, -0.2) is 0 Å². The lowest BCUT2D eigenvalue weighted by molar-refractivity contribution is 0.0981. The highest BCUT2D eigenvalue weighted by molar-refractivity contribution is 6.38. The molecule has 0 aliphatic rings. The number of rotatable bonds is 4. The van der Waals surface area contributed by atoms with Crippen molar-refractivity contribution in [3.63, 3.8) is 0 Å². The molecule has 4 heteroatoms. The van der Waals surface area contributed by atoms with E-state index in [1.54, 1.807) is 6.07 Å². The highest BCUT2D eigenvalue weighted by atomic mass is 35.5. The van der Waals surface area contributed by atoms with E-state index in [0.29, 0.717) is 30.0 Å². The topological polar surface area (TPSA) is 58.9 Å². The Kier molecular flexibility index (Phi) is 3.27. The lowest BCUT2D eigenvalue weighted by Crippen LogP contribution is -2.05. The molecule has 0 amide bonds. The molecule has 16 heavy (non-hydrogen) atoms. The SMILES string of the molecule is NCCCC(=O)c1ccc2cc[nH]c2c1Cl. The summed E-state index contributed by atoms with van der Waals surface area (Å²) in [4.78, 5) is 14.9. The number of hydrogen-bond acceptors (Lipinski definition) is 2. The van der Waals surface area contributed by atoms with Gasteiger partial charge in [-0.05, 0) is 25.1 Å². The lowest BCUT2D eigenvalue weighted by atomic mass is 10.1. The van der Waals surface area contributed by atoms with Gasteiger partial charge in [0.25, 0.3) is 0 Å². The summed E-state index contributed by atoms with van der Waals surface area (Å²) in [5.41, 5.74) is 6.77. The predicted octanol–water partition coefficient (Wildman–Crippen LogP) is 2.74. The van der Waals surface area contributed by atoms with Crippen LogP contribution < -0.4 is 5.73 Å². The normalized spacial score (nSPS) is 10.9. The van der Waals surface area contributed by atoms with Crippen LogP contribution in [0, 0.1) is 0 Å². The van der Waals surface area contributed by atoms with Crippen LogP contribution in [0.1, 0.15) is 23.2 Å². The number of carbonyl (C=O) groups excluding carboxylic acids is 1. The van der Waals surface area contributed by atoms with Crippen LogP contribution in [-0.4, -0.2) is 17.3 Å². The molecule has 1 heterocycles. The average molecular weight is 237 g/mol. The molecule has 0 saturated carbocycles.